The molecular formula is C54H68N8O9S2+2. The van der Waals surface area contributed by atoms with Crippen LogP contribution in [0.5, 0.6) is 0 Å². The molecule has 2 unspecified atom stereocenters. The lowest BCUT2D eigenvalue weighted by Crippen LogP contribution is -2.57. The number of nitrogens with one attached hydrogen (secondary N) is 3. The van der Waals surface area contributed by atoms with Crippen LogP contribution in [0, 0.1) is 0 Å². The molecule has 73 heavy (non-hydrogen) atoms. The Morgan fingerprint density at radius 2 is 1.52 bits per heavy atom. The molecule has 0 saturated carbocycles. The number of likely N-dealkylation sites (N-methyl/N-ethyl adjacent to an activating group) is 1. The Bertz CT molecular complexity index is 3200. The van der Waals surface area contributed by atoms with Gasteiger partial charge in [-0.3, -0.25) is 18.9 Å². The third-order valence-corrected chi connectivity index (χ3v) is 15.9. The van der Waals surface area contributed by atoms with Crippen LogP contribution >= 0.6 is 0 Å². The number of pyridine rings is 1. The summed E-state index contributed by atoms with van der Waals surface area (Å²) in [6.07, 6.45) is 4.20. The number of hydrogen-bond donors (Lipinski definition) is 4. The number of nitrogens with zero attached hydrogens (tertiary/aromatic N) is 5. The van der Waals surface area contributed by atoms with Crippen molar-refractivity contribution in [2.75, 3.05) is 70.9 Å². The normalized spacial score (nSPS) is 14.2. The fourth-order valence-electron chi connectivity index (χ4n) is 9.38. The molecule has 3 amide bonds. The summed E-state index contributed by atoms with van der Waals surface area (Å²) in [6.45, 7) is 13.4. The monoisotopic (exact) mass is 1040 g/mol. The van der Waals surface area contributed by atoms with Gasteiger partial charge in [0.1, 0.15) is 54.0 Å². The van der Waals surface area contributed by atoms with Crippen LogP contribution in [0.2, 0.25) is 0 Å². The highest BCUT2D eigenvalue weighted by molar-refractivity contribution is 7.89. The zero-order valence-corrected chi connectivity index (χ0v) is 44.1. The highest BCUT2D eigenvalue weighted by atomic mass is 32.2. The molecule has 3 aromatic carbocycles. The average Bonchev–Trinajstić information content (AvgIpc) is 3.37. The van der Waals surface area contributed by atoms with E-state index in [1.807, 2.05) is 101 Å². The number of amides is 3. The number of sulfonamides is 1. The van der Waals surface area contributed by atoms with Crippen molar-refractivity contribution < 1.29 is 44.8 Å². The number of aromatic nitrogens is 1. The van der Waals surface area contributed by atoms with Gasteiger partial charge in [-0.15, -0.1) is 0 Å². The summed E-state index contributed by atoms with van der Waals surface area (Å²) in [4.78, 5) is 46.9. The quantitative estimate of drug-likeness (QED) is 0.0337. The number of fused-ring (bicyclic) bond motifs is 2. The summed E-state index contributed by atoms with van der Waals surface area (Å²) >= 11 is 0. The summed E-state index contributed by atoms with van der Waals surface area (Å²) in [6, 6.07) is 25.7. The summed E-state index contributed by atoms with van der Waals surface area (Å²) in [5.41, 5.74) is 3.64. The maximum absolute atomic E-state index is 14.2. The molecule has 3 heterocycles. The van der Waals surface area contributed by atoms with E-state index in [1.54, 1.807) is 41.0 Å². The van der Waals surface area contributed by atoms with E-state index in [2.05, 4.69) is 29.7 Å². The SMILES string of the molecule is CCN(CC)c1ccc2c(-c3ccc(S(=O)(=O)NCCCCC(NC(=O)c4ccc[n+](C)c4)C(=O)NC(Cc4ccccc4)C(=O)N4CCN(C)CC4)cc3S(=O)(=O)O)c3ccc(=[N+](CC)CC)cc-3oc2c1. The molecule has 1 aromatic heterocycles. The molecule has 7 rings (SSSR count). The molecule has 1 fully saturated rings. The summed E-state index contributed by atoms with van der Waals surface area (Å²) in [5, 5.41) is 7.26. The second-order valence-corrected chi connectivity index (χ2v) is 21.5. The van der Waals surface area contributed by atoms with Crippen molar-refractivity contribution in [2.24, 2.45) is 7.05 Å². The molecule has 3 aliphatic rings. The highest BCUT2D eigenvalue weighted by Gasteiger charge is 2.32. The zero-order chi connectivity index (χ0) is 52.5. The Morgan fingerprint density at radius 3 is 2.19 bits per heavy atom. The van der Waals surface area contributed by atoms with Gasteiger partial charge in [0, 0.05) is 98.2 Å². The third kappa shape index (κ3) is 13.2. The van der Waals surface area contributed by atoms with E-state index in [0.29, 0.717) is 59.6 Å². The van der Waals surface area contributed by atoms with Crippen LogP contribution in [0.1, 0.15) is 62.9 Å². The van der Waals surface area contributed by atoms with Gasteiger partial charge < -0.3 is 29.8 Å². The second kappa shape index (κ2) is 24.0. The molecular weight excluding hydrogens is 969 g/mol. The van der Waals surface area contributed by atoms with Gasteiger partial charge in [-0.25, -0.2) is 22.3 Å². The van der Waals surface area contributed by atoms with E-state index < -0.39 is 48.9 Å². The summed E-state index contributed by atoms with van der Waals surface area (Å²) in [7, 11) is -5.63. The summed E-state index contributed by atoms with van der Waals surface area (Å²) in [5.74, 6) is -0.806. The van der Waals surface area contributed by atoms with E-state index in [9.17, 15) is 35.8 Å². The van der Waals surface area contributed by atoms with Crippen molar-refractivity contribution in [1.82, 2.24) is 29.7 Å². The number of benzene rings is 4. The maximum Gasteiger partial charge on any atom is 0.295 e. The molecule has 4 N–H and O–H groups in total. The van der Waals surface area contributed by atoms with E-state index in [1.165, 1.54) is 12.1 Å². The first-order valence-corrected chi connectivity index (χ1v) is 27.9. The Balaban J connectivity index is 1.13. The lowest BCUT2D eigenvalue weighted by molar-refractivity contribution is -0.671. The van der Waals surface area contributed by atoms with Gasteiger partial charge in [0.25, 0.3) is 16.0 Å². The first-order chi connectivity index (χ1) is 34.9. The van der Waals surface area contributed by atoms with Crippen LogP contribution in [0.4, 0.5) is 5.69 Å². The molecule has 0 spiro atoms. The van der Waals surface area contributed by atoms with E-state index in [4.69, 9.17) is 4.42 Å². The number of unbranched alkanes of at least 4 members (excludes halogenated alkanes) is 1. The molecule has 19 heteroatoms. The van der Waals surface area contributed by atoms with E-state index in [-0.39, 0.29) is 48.6 Å². The average molecular weight is 1040 g/mol. The Kier molecular flexibility index (Phi) is 17.9. The molecule has 2 aliphatic heterocycles. The summed E-state index contributed by atoms with van der Waals surface area (Å²) < 4.78 is 78.3. The molecule has 0 radical (unpaired) electrons. The number of carbonyl (C=O) groups is 3. The highest BCUT2D eigenvalue weighted by Crippen LogP contribution is 2.43. The lowest BCUT2D eigenvalue weighted by atomic mass is 9.93. The number of piperazine rings is 1. The molecule has 4 aromatic rings. The van der Waals surface area contributed by atoms with Crippen LogP contribution in [0.25, 0.3) is 33.4 Å². The van der Waals surface area contributed by atoms with Gasteiger partial charge in [-0.2, -0.15) is 8.42 Å². The molecule has 388 valence electrons. The van der Waals surface area contributed by atoms with Crippen LogP contribution in [-0.4, -0.2) is 127 Å². The minimum Gasteiger partial charge on any atom is -0.456 e. The number of hydrogen-bond acceptors (Lipinski definition) is 10. The van der Waals surface area contributed by atoms with Crippen LogP contribution in [0.15, 0.2) is 124 Å². The van der Waals surface area contributed by atoms with Gasteiger partial charge in [-0.05, 0) is 96.0 Å². The predicted molar refractivity (Wildman–Crippen MR) is 282 cm³/mol. The molecule has 2 atom stereocenters. The first-order valence-electron chi connectivity index (χ1n) is 25.0. The van der Waals surface area contributed by atoms with Gasteiger partial charge in [-0.1, -0.05) is 36.4 Å². The van der Waals surface area contributed by atoms with Crippen molar-refractivity contribution >= 4 is 54.5 Å². The van der Waals surface area contributed by atoms with Gasteiger partial charge in [0.2, 0.25) is 27.2 Å². The van der Waals surface area contributed by atoms with Crippen molar-refractivity contribution in [2.45, 2.75) is 75.3 Å². The van der Waals surface area contributed by atoms with Crippen LogP contribution < -0.4 is 34.8 Å². The van der Waals surface area contributed by atoms with Crippen LogP contribution in [0.3, 0.4) is 0 Å². The largest absolute Gasteiger partial charge is 0.456 e. The number of anilines is 1. The van der Waals surface area contributed by atoms with Crippen molar-refractivity contribution in [3.63, 3.8) is 0 Å². The van der Waals surface area contributed by atoms with Gasteiger partial charge in [0.05, 0.1) is 11.0 Å². The van der Waals surface area contributed by atoms with E-state index >= 15 is 0 Å². The standard InChI is InChI=1S/C54H66N8O9S2/c1-7-60(8-2)40-21-24-43-48(34-40)71-49-35-41(61(9-3)10-4)22-25-44(49)51(43)45-26-23-42(36-50(45)73(68,69)70)72(66,67)55-27-15-14-20-46(56-52(63)39-19-16-28-59(6)37-39)53(64)57-47(33-38-17-12-11-13-18-38)54(65)62-31-29-58(5)30-32-62/h11-13,16-19,21-26,28,34-37,46-47,55H,7-10,14-15,20,27,29-33H2,1-6H3,(H-2,56,57,63,64,68,69,70)/p+2. The molecule has 1 aliphatic carbocycles. The van der Waals surface area contributed by atoms with Crippen molar-refractivity contribution in [3.8, 4) is 22.5 Å². The smallest absolute Gasteiger partial charge is 0.295 e. The minimum atomic E-state index is -5.02. The second-order valence-electron chi connectivity index (χ2n) is 18.4. The molecule has 1 saturated heterocycles. The first kappa shape index (κ1) is 54.3. The Morgan fingerprint density at radius 1 is 0.808 bits per heavy atom. The fourth-order valence-corrected chi connectivity index (χ4v) is 11.3. The molecule has 0 bridgehead atoms. The minimum absolute atomic E-state index is 0.0882. The van der Waals surface area contributed by atoms with Crippen LogP contribution in [-0.2, 0) is 43.2 Å². The zero-order valence-electron chi connectivity index (χ0n) is 42.5. The topological polar surface area (TPSA) is 206 Å². The van der Waals surface area contributed by atoms with Gasteiger partial charge >= 0.3 is 0 Å². The lowest BCUT2D eigenvalue weighted by Gasteiger charge is -2.35. The number of carbonyl (C=O) groups excluding carboxylic acids is 3. The van der Waals surface area contributed by atoms with E-state index in [0.717, 1.165) is 48.9 Å². The van der Waals surface area contributed by atoms with Crippen molar-refractivity contribution in [1.29, 1.82) is 0 Å². The number of aryl methyl sites for hydroxylation is 1. The molecule has 17 nitrogen and oxygen atoms in total. The predicted octanol–water partition coefficient (Wildman–Crippen LogP) is 4.68. The number of rotatable bonds is 21. The maximum atomic E-state index is 14.2. The van der Waals surface area contributed by atoms with Crippen molar-refractivity contribution in [3.05, 3.63) is 126 Å². The fraction of sp³-hybridized carbons (Fsp3) is 0.389. The Hall–Kier alpha value is -6.51. The van der Waals surface area contributed by atoms with Gasteiger partial charge in [0.15, 0.2) is 12.4 Å². The Labute approximate surface area is 428 Å². The third-order valence-electron chi connectivity index (χ3n) is 13.5.